The van der Waals surface area contributed by atoms with Crippen molar-refractivity contribution in [2.45, 2.75) is 6.42 Å². The van der Waals surface area contributed by atoms with Crippen LogP contribution >= 0.6 is 0 Å². The Hall–Kier alpha value is -4.15. The van der Waals surface area contributed by atoms with Gasteiger partial charge in [0.2, 0.25) is 11.7 Å². The van der Waals surface area contributed by atoms with Gasteiger partial charge in [0, 0.05) is 25.2 Å². The molecule has 0 aliphatic carbocycles. The first-order valence-corrected chi connectivity index (χ1v) is 8.81. The van der Waals surface area contributed by atoms with Crippen molar-refractivity contribution in [2.75, 3.05) is 13.1 Å². The molecule has 11 heteroatoms. The number of nitrogens with one attached hydrogen (secondary N) is 2. The highest BCUT2D eigenvalue weighted by Crippen LogP contribution is 2.19. The van der Waals surface area contributed by atoms with Crippen molar-refractivity contribution in [3.05, 3.63) is 75.9 Å². The molecule has 154 valence electrons. The molecule has 1 heterocycles. The highest BCUT2D eigenvalue weighted by Gasteiger charge is 2.17. The van der Waals surface area contributed by atoms with E-state index >= 15 is 0 Å². The number of hydrogen-bond donors (Lipinski definition) is 2. The van der Waals surface area contributed by atoms with E-state index in [2.05, 4.69) is 20.8 Å². The number of amides is 2. The van der Waals surface area contributed by atoms with Crippen LogP contribution < -0.4 is 10.6 Å². The van der Waals surface area contributed by atoms with Crippen LogP contribution in [0, 0.1) is 15.9 Å². The zero-order valence-corrected chi connectivity index (χ0v) is 15.5. The van der Waals surface area contributed by atoms with Crippen molar-refractivity contribution in [3.63, 3.8) is 0 Å². The van der Waals surface area contributed by atoms with Crippen LogP contribution in [0.15, 0.2) is 53.1 Å². The first-order chi connectivity index (χ1) is 14.4. The molecule has 3 rings (SSSR count). The molecule has 0 saturated carbocycles. The topological polar surface area (TPSA) is 140 Å². The zero-order chi connectivity index (χ0) is 21.5. The van der Waals surface area contributed by atoms with Crippen molar-refractivity contribution in [3.8, 4) is 11.4 Å². The summed E-state index contributed by atoms with van der Waals surface area (Å²) in [5, 5.41) is 19.3. The van der Waals surface area contributed by atoms with E-state index < -0.39 is 16.6 Å². The fraction of sp³-hybridized carbons (Fsp3) is 0.158. The summed E-state index contributed by atoms with van der Waals surface area (Å²) in [7, 11) is 0. The normalized spacial score (nSPS) is 10.4. The third-order valence-corrected chi connectivity index (χ3v) is 3.98. The molecule has 0 fully saturated rings. The van der Waals surface area contributed by atoms with Gasteiger partial charge in [0.1, 0.15) is 5.82 Å². The lowest BCUT2D eigenvalue weighted by atomic mass is 10.1. The summed E-state index contributed by atoms with van der Waals surface area (Å²) in [5.41, 5.74) is 0.675. The number of benzene rings is 2. The maximum absolute atomic E-state index is 13.7. The maximum atomic E-state index is 13.7. The summed E-state index contributed by atoms with van der Waals surface area (Å²) in [5.74, 6) is -1.88. The SMILES string of the molecule is O=C(Cc1ccc([N+](=O)[O-])cc1)NCCNC(=O)c1nc(-c2ccccc2F)no1. The fourth-order valence-electron chi connectivity index (χ4n) is 2.50. The maximum Gasteiger partial charge on any atom is 0.316 e. The Labute approximate surface area is 169 Å². The number of carbonyl (C=O) groups excluding carboxylic acids is 2. The van der Waals surface area contributed by atoms with Gasteiger partial charge in [-0.2, -0.15) is 4.98 Å². The molecular weight excluding hydrogens is 397 g/mol. The molecule has 0 bridgehead atoms. The smallest absolute Gasteiger partial charge is 0.316 e. The van der Waals surface area contributed by atoms with E-state index in [-0.39, 0.29) is 48.4 Å². The molecule has 0 spiro atoms. The standard InChI is InChI=1S/C19H16FN5O5/c20-15-4-2-1-3-14(15)17-23-19(30-24-17)18(27)22-10-9-21-16(26)11-12-5-7-13(8-6-12)25(28)29/h1-8H,9-11H2,(H,21,26)(H,22,27). The van der Waals surface area contributed by atoms with E-state index in [1.807, 2.05) is 0 Å². The van der Waals surface area contributed by atoms with Crippen LogP contribution in [-0.4, -0.2) is 40.0 Å². The van der Waals surface area contributed by atoms with Gasteiger partial charge < -0.3 is 15.2 Å². The summed E-state index contributed by atoms with van der Waals surface area (Å²) < 4.78 is 18.6. The van der Waals surface area contributed by atoms with Gasteiger partial charge in [0.15, 0.2) is 0 Å². The number of aromatic nitrogens is 2. The van der Waals surface area contributed by atoms with Gasteiger partial charge in [-0.3, -0.25) is 19.7 Å². The van der Waals surface area contributed by atoms with E-state index in [1.54, 1.807) is 6.07 Å². The number of halogens is 1. The average molecular weight is 413 g/mol. The van der Waals surface area contributed by atoms with Crippen LogP contribution in [0.2, 0.25) is 0 Å². The Morgan fingerprint density at radius 3 is 2.47 bits per heavy atom. The highest BCUT2D eigenvalue weighted by atomic mass is 19.1. The third-order valence-electron chi connectivity index (χ3n) is 3.98. The summed E-state index contributed by atoms with van der Waals surface area (Å²) in [4.78, 5) is 37.9. The van der Waals surface area contributed by atoms with Crippen molar-refractivity contribution in [1.82, 2.24) is 20.8 Å². The molecule has 2 aromatic carbocycles. The number of rotatable bonds is 8. The van der Waals surface area contributed by atoms with Crippen LogP contribution in [0.5, 0.6) is 0 Å². The van der Waals surface area contributed by atoms with Crippen LogP contribution in [0.3, 0.4) is 0 Å². The molecule has 0 unspecified atom stereocenters. The van der Waals surface area contributed by atoms with Crippen molar-refractivity contribution >= 4 is 17.5 Å². The molecule has 0 saturated heterocycles. The molecule has 30 heavy (non-hydrogen) atoms. The Morgan fingerprint density at radius 1 is 1.07 bits per heavy atom. The number of hydrogen-bond acceptors (Lipinski definition) is 7. The van der Waals surface area contributed by atoms with Gasteiger partial charge in [-0.15, -0.1) is 0 Å². The first kappa shape index (κ1) is 20.6. The Kier molecular flexibility index (Phi) is 6.42. The summed E-state index contributed by atoms with van der Waals surface area (Å²) in [6.45, 7) is 0.244. The lowest BCUT2D eigenvalue weighted by Crippen LogP contribution is -2.35. The third kappa shape index (κ3) is 5.22. The largest absolute Gasteiger partial charge is 0.354 e. The monoisotopic (exact) mass is 413 g/mol. The number of nitrogens with zero attached hydrogens (tertiary/aromatic N) is 3. The van der Waals surface area contributed by atoms with Crippen molar-refractivity contribution in [1.29, 1.82) is 0 Å². The molecule has 3 aromatic rings. The Morgan fingerprint density at radius 2 is 1.77 bits per heavy atom. The van der Waals surface area contributed by atoms with Gasteiger partial charge >= 0.3 is 11.8 Å². The minimum atomic E-state index is -0.658. The van der Waals surface area contributed by atoms with Gasteiger partial charge in [0.05, 0.1) is 16.9 Å². The first-order valence-electron chi connectivity index (χ1n) is 8.81. The lowest BCUT2D eigenvalue weighted by molar-refractivity contribution is -0.384. The summed E-state index contributed by atoms with van der Waals surface area (Å²) in [6, 6.07) is 11.5. The molecule has 10 nitrogen and oxygen atoms in total. The number of nitro groups is 1. The molecule has 2 amide bonds. The van der Waals surface area contributed by atoms with E-state index in [9.17, 15) is 24.1 Å². The minimum Gasteiger partial charge on any atom is -0.354 e. The highest BCUT2D eigenvalue weighted by molar-refractivity contribution is 5.90. The second-order valence-electron chi connectivity index (χ2n) is 6.11. The second-order valence-corrected chi connectivity index (χ2v) is 6.11. The number of nitro benzene ring substituents is 1. The predicted molar refractivity (Wildman–Crippen MR) is 102 cm³/mol. The van der Waals surface area contributed by atoms with E-state index in [1.165, 1.54) is 42.5 Å². The van der Waals surface area contributed by atoms with E-state index in [0.29, 0.717) is 5.56 Å². The predicted octanol–water partition coefficient (Wildman–Crippen LogP) is 1.87. The molecule has 0 aliphatic heterocycles. The van der Waals surface area contributed by atoms with Gasteiger partial charge in [0.25, 0.3) is 5.69 Å². The molecule has 0 radical (unpaired) electrons. The minimum absolute atomic E-state index is 0.0433. The van der Waals surface area contributed by atoms with Gasteiger partial charge in [-0.1, -0.05) is 29.4 Å². The van der Waals surface area contributed by atoms with Crippen molar-refractivity contribution < 1.29 is 23.4 Å². The van der Waals surface area contributed by atoms with Crippen molar-refractivity contribution in [2.24, 2.45) is 0 Å². The molecular formula is C19H16FN5O5. The Balaban J connectivity index is 1.43. The van der Waals surface area contributed by atoms with E-state index in [0.717, 1.165) is 0 Å². The quantitative estimate of drug-likeness (QED) is 0.326. The molecule has 1 aromatic heterocycles. The number of non-ortho nitro benzene ring substituents is 1. The zero-order valence-electron chi connectivity index (χ0n) is 15.5. The van der Waals surface area contributed by atoms with E-state index in [4.69, 9.17) is 4.52 Å². The molecule has 0 aliphatic rings. The lowest BCUT2D eigenvalue weighted by Gasteiger charge is -2.06. The Bertz CT molecular complexity index is 1070. The molecule has 0 atom stereocenters. The fourth-order valence-corrected chi connectivity index (χ4v) is 2.50. The van der Waals surface area contributed by atoms with Crippen LogP contribution in [-0.2, 0) is 11.2 Å². The number of carbonyl (C=O) groups is 2. The molecule has 2 N–H and O–H groups in total. The summed E-state index contributed by atoms with van der Waals surface area (Å²) >= 11 is 0. The van der Waals surface area contributed by atoms with Crippen LogP contribution in [0.1, 0.15) is 16.2 Å². The van der Waals surface area contributed by atoms with Gasteiger partial charge in [-0.25, -0.2) is 4.39 Å². The summed E-state index contributed by atoms with van der Waals surface area (Å²) in [6.07, 6.45) is 0.0433. The average Bonchev–Trinajstić information content (AvgIpc) is 3.22. The second kappa shape index (κ2) is 9.37. The van der Waals surface area contributed by atoms with Crippen LogP contribution in [0.25, 0.3) is 11.4 Å². The van der Waals surface area contributed by atoms with Crippen LogP contribution in [0.4, 0.5) is 10.1 Å². The van der Waals surface area contributed by atoms with Gasteiger partial charge in [-0.05, 0) is 17.7 Å².